The maximum Gasteiger partial charge on any atom is -0.00532 e. The van der Waals surface area contributed by atoms with Gasteiger partial charge in [-0.3, -0.25) is 0 Å². The van der Waals surface area contributed by atoms with Crippen LogP contribution in [0.4, 0.5) is 0 Å². The van der Waals surface area contributed by atoms with E-state index in [1.54, 1.807) is 0 Å². The summed E-state index contributed by atoms with van der Waals surface area (Å²) >= 11 is 0. The lowest BCUT2D eigenvalue weighted by Gasteiger charge is -1.96. The minimum absolute atomic E-state index is 0.363. The zero-order valence-electron chi connectivity index (χ0n) is 8.42. The molecule has 0 heterocycles. The number of hydrogen-bond donors (Lipinski definition) is 0. The zero-order chi connectivity index (χ0) is 9.23. The quantitative estimate of drug-likeness (QED) is 0.409. The van der Waals surface area contributed by atoms with Crippen molar-refractivity contribution in [3.63, 3.8) is 0 Å². The number of hydrogen-bond acceptors (Lipinski definition) is 0. The minimum Gasteiger partial charge on any atom is -0.0882 e. The Morgan fingerprint density at radius 3 is 2.42 bits per heavy atom. The predicted molar refractivity (Wildman–Crippen MR) is 56.9 cm³/mol. The van der Waals surface area contributed by atoms with Crippen LogP contribution in [0.15, 0.2) is 24.3 Å². The number of unbranched alkanes of at least 4 members (excludes halogenated alkanes) is 2. The van der Waals surface area contributed by atoms with Crippen molar-refractivity contribution in [2.75, 3.05) is 0 Å². The van der Waals surface area contributed by atoms with Crippen LogP contribution in [-0.4, -0.2) is 0 Å². The van der Waals surface area contributed by atoms with Crippen molar-refractivity contribution in [1.82, 2.24) is 0 Å². The Morgan fingerprint density at radius 1 is 1.17 bits per heavy atom. The molecule has 0 heteroatoms. The van der Waals surface area contributed by atoms with Gasteiger partial charge in [-0.25, -0.2) is 0 Å². The third-order valence-corrected chi connectivity index (χ3v) is 1.73. The lowest BCUT2D eigenvalue weighted by molar-refractivity contribution is 0.810. The van der Waals surface area contributed by atoms with E-state index in [9.17, 15) is 0 Å². The maximum absolute atomic E-state index is 4.00. The van der Waals surface area contributed by atoms with Gasteiger partial charge in [0.2, 0.25) is 0 Å². The number of allylic oxidation sites excluding steroid dienone is 4. The molecule has 0 aromatic carbocycles. The highest BCUT2D eigenvalue weighted by Gasteiger charge is 1.87. The van der Waals surface area contributed by atoms with E-state index in [1.807, 2.05) is 0 Å². The Balaban J connectivity index is 3.46. The van der Waals surface area contributed by atoms with Gasteiger partial charge < -0.3 is 0 Å². The molecule has 0 saturated heterocycles. The Morgan fingerprint density at radius 2 is 1.83 bits per heavy atom. The van der Waals surface area contributed by atoms with Crippen molar-refractivity contribution in [3.8, 4) is 0 Å². The molecule has 0 N–H and O–H groups in total. The van der Waals surface area contributed by atoms with Gasteiger partial charge in [-0.15, -0.1) is 0 Å². The van der Waals surface area contributed by atoms with Crippen molar-refractivity contribution < 1.29 is 0 Å². The van der Waals surface area contributed by atoms with Gasteiger partial charge in [-0.2, -0.15) is 0 Å². The zero-order valence-corrected chi connectivity index (χ0v) is 8.42. The standard InChI is InChI=1S/C12H21/c1-4-6-8-9-11-12(3)10-7-5-2/h7,9-12H,3-6,8H2,1-2H3. The van der Waals surface area contributed by atoms with Crippen molar-refractivity contribution in [2.24, 2.45) is 5.92 Å². The predicted octanol–water partition coefficient (Wildman–Crippen LogP) is 4.15. The van der Waals surface area contributed by atoms with Crippen LogP contribution in [0.1, 0.15) is 39.5 Å². The fraction of sp³-hybridized carbons (Fsp3) is 0.583. The smallest absolute Gasteiger partial charge is 0.00532 e. The SMILES string of the molecule is [CH2]C(C=CCC)C=CCCCC. The topological polar surface area (TPSA) is 0 Å². The molecule has 0 rings (SSSR count). The molecule has 1 unspecified atom stereocenters. The average molecular weight is 165 g/mol. The summed E-state index contributed by atoms with van der Waals surface area (Å²) in [6.45, 7) is 8.36. The summed E-state index contributed by atoms with van der Waals surface area (Å²) in [6.07, 6.45) is 13.6. The maximum atomic E-state index is 4.00. The third kappa shape index (κ3) is 7.59. The van der Waals surface area contributed by atoms with Gasteiger partial charge in [0.25, 0.3) is 0 Å². The van der Waals surface area contributed by atoms with Gasteiger partial charge in [0.05, 0.1) is 0 Å². The largest absolute Gasteiger partial charge is 0.0882 e. The second-order valence-corrected chi connectivity index (χ2v) is 3.07. The van der Waals surface area contributed by atoms with Gasteiger partial charge >= 0.3 is 0 Å². The van der Waals surface area contributed by atoms with Crippen LogP contribution < -0.4 is 0 Å². The molecule has 0 spiro atoms. The van der Waals surface area contributed by atoms with Crippen LogP contribution in [0.3, 0.4) is 0 Å². The molecular formula is C12H21. The summed E-state index contributed by atoms with van der Waals surface area (Å²) in [7, 11) is 0. The molecule has 12 heavy (non-hydrogen) atoms. The van der Waals surface area contributed by atoms with E-state index in [2.05, 4.69) is 45.1 Å². The first-order valence-corrected chi connectivity index (χ1v) is 4.97. The van der Waals surface area contributed by atoms with Crippen LogP contribution in [0.2, 0.25) is 0 Å². The van der Waals surface area contributed by atoms with E-state index >= 15 is 0 Å². The molecule has 1 radical (unpaired) electrons. The lowest BCUT2D eigenvalue weighted by Crippen LogP contribution is -1.81. The molecule has 0 aromatic heterocycles. The van der Waals surface area contributed by atoms with E-state index < -0.39 is 0 Å². The summed E-state index contributed by atoms with van der Waals surface area (Å²) in [6, 6.07) is 0. The molecule has 0 nitrogen and oxygen atoms in total. The molecule has 0 saturated carbocycles. The van der Waals surface area contributed by atoms with Crippen molar-refractivity contribution >= 4 is 0 Å². The second kappa shape index (κ2) is 8.58. The van der Waals surface area contributed by atoms with E-state index in [0.717, 1.165) is 6.42 Å². The highest BCUT2D eigenvalue weighted by molar-refractivity contribution is 5.01. The molecule has 0 fully saturated rings. The van der Waals surface area contributed by atoms with E-state index in [1.165, 1.54) is 19.3 Å². The van der Waals surface area contributed by atoms with Crippen LogP contribution in [-0.2, 0) is 0 Å². The molecule has 1 atom stereocenters. The summed E-state index contributed by atoms with van der Waals surface area (Å²) in [5.74, 6) is 0.363. The van der Waals surface area contributed by atoms with E-state index in [4.69, 9.17) is 0 Å². The summed E-state index contributed by atoms with van der Waals surface area (Å²) in [5, 5.41) is 0. The molecule has 0 aromatic rings. The number of rotatable bonds is 6. The average Bonchev–Trinajstić information content (AvgIpc) is 2.09. The Hall–Kier alpha value is -0.520. The minimum atomic E-state index is 0.363. The van der Waals surface area contributed by atoms with Crippen LogP contribution in [0.25, 0.3) is 0 Å². The van der Waals surface area contributed by atoms with Gasteiger partial charge in [-0.1, -0.05) is 51.0 Å². The normalized spacial score (nSPS) is 14.6. The summed E-state index contributed by atoms with van der Waals surface area (Å²) in [5.41, 5.74) is 0. The van der Waals surface area contributed by atoms with E-state index in [0.29, 0.717) is 5.92 Å². The molecule has 0 aliphatic heterocycles. The van der Waals surface area contributed by atoms with Gasteiger partial charge in [0.1, 0.15) is 0 Å². The van der Waals surface area contributed by atoms with Crippen molar-refractivity contribution in [3.05, 3.63) is 31.2 Å². The molecule has 0 aliphatic carbocycles. The summed E-state index contributed by atoms with van der Waals surface area (Å²) < 4.78 is 0. The first-order chi connectivity index (χ1) is 5.81. The van der Waals surface area contributed by atoms with Gasteiger partial charge in [-0.05, 0) is 25.7 Å². The van der Waals surface area contributed by atoms with Gasteiger partial charge in [0.15, 0.2) is 0 Å². The molecular weight excluding hydrogens is 144 g/mol. The highest BCUT2D eigenvalue weighted by atomic mass is 13.9. The fourth-order valence-corrected chi connectivity index (χ4v) is 0.968. The monoisotopic (exact) mass is 165 g/mol. The van der Waals surface area contributed by atoms with Crippen LogP contribution in [0, 0.1) is 12.8 Å². The Labute approximate surface area is 77.4 Å². The van der Waals surface area contributed by atoms with Crippen molar-refractivity contribution in [1.29, 1.82) is 0 Å². The summed E-state index contributed by atoms with van der Waals surface area (Å²) in [4.78, 5) is 0. The first kappa shape index (κ1) is 11.5. The molecule has 69 valence electrons. The fourth-order valence-electron chi connectivity index (χ4n) is 0.968. The second-order valence-electron chi connectivity index (χ2n) is 3.07. The third-order valence-electron chi connectivity index (χ3n) is 1.73. The first-order valence-electron chi connectivity index (χ1n) is 4.97. The Kier molecular flexibility index (Phi) is 8.20. The molecule has 0 bridgehead atoms. The van der Waals surface area contributed by atoms with Crippen molar-refractivity contribution in [2.45, 2.75) is 39.5 Å². The Bertz CT molecular complexity index is 131. The van der Waals surface area contributed by atoms with Crippen LogP contribution in [0.5, 0.6) is 0 Å². The lowest BCUT2D eigenvalue weighted by atomic mass is 10.1. The van der Waals surface area contributed by atoms with Crippen LogP contribution >= 0.6 is 0 Å². The van der Waals surface area contributed by atoms with Gasteiger partial charge in [0, 0.05) is 0 Å². The molecule has 0 aliphatic rings. The molecule has 0 amide bonds. The van der Waals surface area contributed by atoms with E-state index in [-0.39, 0.29) is 0 Å². The highest BCUT2D eigenvalue weighted by Crippen LogP contribution is 2.02.